The Morgan fingerprint density at radius 1 is 0.810 bits per heavy atom. The van der Waals surface area contributed by atoms with E-state index in [0.29, 0.717) is 26.1 Å². The molecule has 230 valence electrons. The van der Waals surface area contributed by atoms with Crippen molar-refractivity contribution in [1.82, 2.24) is 0 Å². The minimum atomic E-state index is -2.86. The lowest BCUT2D eigenvalue weighted by atomic mass is 9.85. The topological polar surface area (TPSA) is 80.3 Å². The summed E-state index contributed by atoms with van der Waals surface area (Å²) < 4.78 is 30.1. The van der Waals surface area contributed by atoms with Gasteiger partial charge in [-0.1, -0.05) is 93.6 Å². The molecule has 0 aromatic heterocycles. The summed E-state index contributed by atoms with van der Waals surface area (Å²) in [6.07, 6.45) is 4.33. The predicted molar refractivity (Wildman–Crippen MR) is 167 cm³/mol. The molecule has 0 aliphatic carbocycles. The van der Waals surface area contributed by atoms with Crippen molar-refractivity contribution in [2.45, 2.75) is 97.9 Å². The quantitative estimate of drug-likeness (QED) is 0.0883. The summed E-state index contributed by atoms with van der Waals surface area (Å²) in [7, 11) is -2.86. The van der Waals surface area contributed by atoms with Gasteiger partial charge in [0.05, 0.1) is 6.10 Å². The van der Waals surface area contributed by atoms with Crippen LogP contribution in [0, 0.1) is 5.41 Å². The fraction of sp³-hybridized carbons (Fsp3) is 0.529. The first-order chi connectivity index (χ1) is 19.8. The van der Waals surface area contributed by atoms with E-state index >= 15 is 0 Å². The molecule has 0 bridgehead atoms. The number of carbonyl (C=O) groups is 2. The first-order valence-corrected chi connectivity index (χ1v) is 16.8. The Morgan fingerprint density at radius 3 is 1.71 bits per heavy atom. The van der Waals surface area contributed by atoms with Crippen LogP contribution in [-0.2, 0) is 33.0 Å². The Balaban J connectivity index is 1.98. The summed E-state index contributed by atoms with van der Waals surface area (Å²) in [5, 5.41) is 2.16. The van der Waals surface area contributed by atoms with Gasteiger partial charge in [0.1, 0.15) is 0 Å². The van der Waals surface area contributed by atoms with Crippen molar-refractivity contribution in [2.24, 2.45) is 5.41 Å². The van der Waals surface area contributed by atoms with Gasteiger partial charge in [0.15, 0.2) is 11.7 Å². The van der Waals surface area contributed by atoms with Gasteiger partial charge in [-0.05, 0) is 49.0 Å². The molecule has 8 heteroatoms. The van der Waals surface area contributed by atoms with E-state index in [-0.39, 0.29) is 17.6 Å². The second kappa shape index (κ2) is 14.1. The number of esters is 2. The number of benzene rings is 2. The number of ether oxygens (including phenoxy) is 4. The minimum absolute atomic E-state index is 0.160. The number of rotatable bonds is 14. The molecule has 2 aromatic carbocycles. The van der Waals surface area contributed by atoms with Crippen LogP contribution in [0.4, 0.5) is 0 Å². The first-order valence-electron chi connectivity index (χ1n) is 14.9. The highest BCUT2D eigenvalue weighted by Crippen LogP contribution is 2.39. The van der Waals surface area contributed by atoms with Crippen LogP contribution in [0.1, 0.15) is 74.7 Å². The normalized spacial score (nSPS) is 17.7. The predicted octanol–water partition coefficient (Wildman–Crippen LogP) is 5.90. The average Bonchev–Trinajstić information content (AvgIpc) is 2.93. The number of cyclic esters (lactones) is 2. The van der Waals surface area contributed by atoms with Gasteiger partial charge >= 0.3 is 11.9 Å². The summed E-state index contributed by atoms with van der Waals surface area (Å²) in [5.41, 5.74) is -1.40. The van der Waals surface area contributed by atoms with Crippen molar-refractivity contribution in [2.75, 3.05) is 13.2 Å². The second-order valence-corrected chi connectivity index (χ2v) is 16.7. The van der Waals surface area contributed by atoms with Crippen LogP contribution in [-0.4, -0.2) is 51.7 Å². The maximum Gasteiger partial charge on any atom is 0.326 e. The first kappa shape index (κ1) is 33.7. The Hall–Kier alpha value is -2.78. The summed E-state index contributed by atoms with van der Waals surface area (Å²) in [6, 6.07) is 21.0. The van der Waals surface area contributed by atoms with Crippen molar-refractivity contribution in [1.29, 1.82) is 0 Å². The molecule has 7 nitrogen and oxygen atoms in total. The van der Waals surface area contributed by atoms with Crippen molar-refractivity contribution in [3.05, 3.63) is 72.8 Å². The number of allylic oxidation sites excluding steroid dienone is 1. The zero-order valence-corrected chi connectivity index (χ0v) is 27.5. The Kier molecular flexibility index (Phi) is 11.3. The van der Waals surface area contributed by atoms with E-state index < -0.39 is 37.7 Å². The van der Waals surface area contributed by atoms with Crippen molar-refractivity contribution in [3.63, 3.8) is 0 Å². The van der Waals surface area contributed by atoms with Gasteiger partial charge < -0.3 is 23.4 Å². The summed E-state index contributed by atoms with van der Waals surface area (Å²) in [4.78, 5) is 25.5. The lowest BCUT2D eigenvalue weighted by Gasteiger charge is -2.45. The number of carbonyl (C=O) groups excluding carboxylic acids is 2. The van der Waals surface area contributed by atoms with Crippen molar-refractivity contribution in [3.8, 4) is 0 Å². The van der Waals surface area contributed by atoms with E-state index in [1.807, 2.05) is 38.1 Å². The molecule has 1 heterocycles. The molecule has 1 aliphatic heterocycles. The molecule has 1 fully saturated rings. The van der Waals surface area contributed by atoms with Crippen molar-refractivity contribution >= 4 is 30.6 Å². The van der Waals surface area contributed by atoms with E-state index in [0.717, 1.165) is 0 Å². The molecule has 1 unspecified atom stereocenters. The third kappa shape index (κ3) is 7.78. The van der Waals surface area contributed by atoms with Gasteiger partial charge in [-0.2, -0.15) is 0 Å². The number of hydrogen-bond acceptors (Lipinski definition) is 7. The lowest BCUT2D eigenvalue weighted by molar-refractivity contribution is -0.249. The molecule has 1 saturated heterocycles. The highest BCUT2D eigenvalue weighted by Gasteiger charge is 2.53. The molecular weight excluding hydrogens is 548 g/mol. The molecule has 0 amide bonds. The third-order valence-corrected chi connectivity index (χ3v) is 12.7. The Bertz CT molecular complexity index is 1120. The molecule has 42 heavy (non-hydrogen) atoms. The van der Waals surface area contributed by atoms with Crippen LogP contribution in [0.5, 0.6) is 0 Å². The van der Waals surface area contributed by atoms with Crippen molar-refractivity contribution < 1.29 is 33.0 Å². The molecule has 0 N–H and O–H groups in total. The highest BCUT2D eigenvalue weighted by atomic mass is 28.4. The molecule has 0 saturated carbocycles. The third-order valence-electron chi connectivity index (χ3n) is 7.59. The average molecular weight is 597 g/mol. The van der Waals surface area contributed by atoms with Crippen LogP contribution in [0.2, 0.25) is 5.04 Å². The van der Waals surface area contributed by atoms with E-state index in [4.69, 9.17) is 23.4 Å². The monoisotopic (exact) mass is 596 g/mol. The molecule has 0 radical (unpaired) electrons. The van der Waals surface area contributed by atoms with Gasteiger partial charge in [0.2, 0.25) is 0 Å². The number of hydrogen-bond donors (Lipinski definition) is 0. The van der Waals surface area contributed by atoms with Gasteiger partial charge in [-0.15, -0.1) is 0 Å². The smallest absolute Gasteiger partial charge is 0.326 e. The summed E-state index contributed by atoms with van der Waals surface area (Å²) >= 11 is 0. The SMILES string of the molecule is CCOC(CC(C/C=C/CC1(C)C(=O)OC(C)(C)OC1=O)O[Si](c1ccccc1)(c1ccccc1)C(C)(C)C)OCC. The summed E-state index contributed by atoms with van der Waals surface area (Å²) in [6.45, 7) is 16.4. The molecule has 2 aromatic rings. The van der Waals surface area contributed by atoms with Crippen LogP contribution in [0.15, 0.2) is 72.8 Å². The fourth-order valence-electron chi connectivity index (χ4n) is 5.41. The van der Waals surface area contributed by atoms with Gasteiger partial charge in [-0.3, -0.25) is 9.59 Å². The fourth-order valence-corrected chi connectivity index (χ4v) is 10.1. The molecule has 3 rings (SSSR count). The van der Waals surface area contributed by atoms with Gasteiger partial charge in [-0.25, -0.2) is 0 Å². The minimum Gasteiger partial charge on any atom is -0.422 e. The second-order valence-electron chi connectivity index (χ2n) is 12.4. The maximum absolute atomic E-state index is 12.8. The van der Waals surface area contributed by atoms with E-state index in [1.165, 1.54) is 10.4 Å². The van der Waals surface area contributed by atoms with Crippen LogP contribution < -0.4 is 10.4 Å². The maximum atomic E-state index is 12.8. The van der Waals surface area contributed by atoms with Gasteiger partial charge in [0.25, 0.3) is 14.1 Å². The Labute approximate surface area is 252 Å². The van der Waals surface area contributed by atoms with E-state index in [2.05, 4.69) is 69.3 Å². The van der Waals surface area contributed by atoms with Crippen LogP contribution in [0.3, 0.4) is 0 Å². The highest BCUT2D eigenvalue weighted by molar-refractivity contribution is 6.99. The van der Waals surface area contributed by atoms with Crippen LogP contribution in [0.25, 0.3) is 0 Å². The zero-order chi connectivity index (χ0) is 31.0. The van der Waals surface area contributed by atoms with E-state index in [1.54, 1.807) is 20.8 Å². The van der Waals surface area contributed by atoms with E-state index in [9.17, 15) is 9.59 Å². The molecule has 0 spiro atoms. The molecular formula is C34H48O7Si. The Morgan fingerprint density at radius 2 is 1.29 bits per heavy atom. The van der Waals surface area contributed by atoms with Gasteiger partial charge in [0, 0.05) is 33.5 Å². The lowest BCUT2D eigenvalue weighted by Crippen LogP contribution is -2.67. The molecule has 1 atom stereocenters. The largest absolute Gasteiger partial charge is 0.422 e. The zero-order valence-electron chi connectivity index (χ0n) is 26.5. The summed E-state index contributed by atoms with van der Waals surface area (Å²) in [5.74, 6) is -2.43. The standard InChI is InChI=1S/C34H48O7Si/c1-9-37-29(38-10-2)25-26(19-17-18-24-34(8)30(35)39-33(6,7)40-31(34)36)41-42(32(3,4)5,27-20-13-11-14-21-27)28-22-15-12-16-23-28/h11-18,20-23,26,29H,9-10,19,24-25H2,1-8H3/b18-17+. The van der Waals surface area contributed by atoms with Crippen LogP contribution >= 0.6 is 0 Å². The molecule has 1 aliphatic rings.